The van der Waals surface area contributed by atoms with Crippen LogP contribution in [0.5, 0.6) is 5.75 Å². The molecule has 0 radical (unpaired) electrons. The van der Waals surface area contributed by atoms with Crippen LogP contribution in [-0.2, 0) is 6.42 Å². The van der Waals surface area contributed by atoms with E-state index in [9.17, 15) is 8.78 Å². The number of fused-ring (bicyclic) bond motifs is 1. The Hall–Kier alpha value is -1.62. The molecule has 1 N–H and O–H groups in total. The second-order valence-corrected chi connectivity index (χ2v) is 5.81. The normalized spacial score (nSPS) is 17.2. The minimum Gasteiger partial charge on any atom is -0.435 e. The third-order valence-electron chi connectivity index (χ3n) is 3.62. The number of halogens is 3. The molecule has 2 nitrogen and oxygen atoms in total. The molecule has 0 spiro atoms. The Bertz CT molecular complexity index is 648. The minimum atomic E-state index is -2.80. The lowest BCUT2D eigenvalue weighted by molar-refractivity contribution is -0.0498. The monoisotopic (exact) mass is 353 g/mol. The highest BCUT2D eigenvalue weighted by Gasteiger charge is 2.21. The van der Waals surface area contributed by atoms with Gasteiger partial charge in [-0.05, 0) is 48.2 Å². The Kier molecular flexibility index (Phi) is 4.10. The van der Waals surface area contributed by atoms with Crippen molar-refractivity contribution in [2.45, 2.75) is 25.5 Å². The predicted octanol–water partition coefficient (Wildman–Crippen LogP) is 5.15. The van der Waals surface area contributed by atoms with E-state index in [-0.39, 0.29) is 11.8 Å². The topological polar surface area (TPSA) is 21.3 Å². The lowest BCUT2D eigenvalue weighted by Crippen LogP contribution is -2.18. The molecule has 1 unspecified atom stereocenters. The molecule has 0 fully saturated rings. The first-order valence-electron chi connectivity index (χ1n) is 6.72. The Balaban J connectivity index is 1.83. The van der Waals surface area contributed by atoms with Crippen molar-refractivity contribution >= 4 is 21.6 Å². The SMILES string of the molecule is FC(F)Oc1cccc(C2CCc3c(Br)cccc3N2)c1. The molecular formula is C16H14BrF2NO. The van der Waals surface area contributed by atoms with Gasteiger partial charge in [-0.3, -0.25) is 0 Å². The van der Waals surface area contributed by atoms with E-state index in [4.69, 9.17) is 0 Å². The molecule has 0 saturated heterocycles. The molecule has 0 amide bonds. The Morgan fingerprint density at radius 3 is 2.81 bits per heavy atom. The number of ether oxygens (including phenoxy) is 1. The maximum atomic E-state index is 12.3. The minimum absolute atomic E-state index is 0.105. The Morgan fingerprint density at radius 2 is 2.00 bits per heavy atom. The van der Waals surface area contributed by atoms with Crippen LogP contribution >= 0.6 is 15.9 Å². The maximum absolute atomic E-state index is 12.3. The summed E-state index contributed by atoms with van der Waals surface area (Å²) in [4.78, 5) is 0. The fourth-order valence-electron chi connectivity index (χ4n) is 2.65. The third-order valence-corrected chi connectivity index (χ3v) is 4.36. The standard InChI is InChI=1S/C16H14BrF2NO/c17-13-5-2-6-15-12(13)7-8-14(20-15)10-3-1-4-11(9-10)21-16(18)19/h1-6,9,14,16,20H,7-8H2. The molecule has 1 heterocycles. The van der Waals surface area contributed by atoms with Crippen molar-refractivity contribution in [1.82, 2.24) is 0 Å². The van der Waals surface area contributed by atoms with E-state index in [0.717, 1.165) is 28.6 Å². The summed E-state index contributed by atoms with van der Waals surface area (Å²) in [6.07, 6.45) is 1.85. The summed E-state index contributed by atoms with van der Waals surface area (Å²) >= 11 is 3.55. The second kappa shape index (κ2) is 6.02. The van der Waals surface area contributed by atoms with Gasteiger partial charge in [0.1, 0.15) is 5.75 Å². The zero-order chi connectivity index (χ0) is 14.8. The van der Waals surface area contributed by atoms with Gasteiger partial charge in [0.15, 0.2) is 0 Å². The number of anilines is 1. The molecule has 3 rings (SSSR count). The summed E-state index contributed by atoms with van der Waals surface area (Å²) in [5.41, 5.74) is 3.30. The van der Waals surface area contributed by atoms with E-state index in [1.807, 2.05) is 24.3 Å². The number of alkyl halides is 2. The van der Waals surface area contributed by atoms with Crippen LogP contribution in [-0.4, -0.2) is 6.61 Å². The van der Waals surface area contributed by atoms with Crippen LogP contribution in [0.1, 0.15) is 23.6 Å². The number of rotatable bonds is 3. The van der Waals surface area contributed by atoms with E-state index in [2.05, 4.69) is 26.0 Å². The van der Waals surface area contributed by atoms with Crippen LogP contribution in [0, 0.1) is 0 Å². The van der Waals surface area contributed by atoms with Crippen molar-refractivity contribution in [3.05, 3.63) is 58.1 Å². The summed E-state index contributed by atoms with van der Waals surface area (Å²) < 4.78 is 30.1. The first-order valence-corrected chi connectivity index (χ1v) is 7.51. The summed E-state index contributed by atoms with van der Waals surface area (Å²) in [6.45, 7) is -2.80. The molecule has 0 aliphatic carbocycles. The van der Waals surface area contributed by atoms with Crippen LogP contribution < -0.4 is 10.1 Å². The number of nitrogens with one attached hydrogen (secondary N) is 1. The van der Waals surface area contributed by atoms with Crippen LogP contribution in [0.4, 0.5) is 14.5 Å². The van der Waals surface area contributed by atoms with E-state index in [1.54, 1.807) is 18.2 Å². The summed E-state index contributed by atoms with van der Waals surface area (Å²) in [5, 5.41) is 3.46. The molecule has 110 valence electrons. The van der Waals surface area contributed by atoms with Crippen LogP contribution in [0.3, 0.4) is 0 Å². The van der Waals surface area contributed by atoms with Crippen molar-refractivity contribution in [3.63, 3.8) is 0 Å². The van der Waals surface area contributed by atoms with Gasteiger partial charge in [-0.2, -0.15) is 8.78 Å². The average molecular weight is 354 g/mol. The largest absolute Gasteiger partial charge is 0.435 e. The van der Waals surface area contributed by atoms with Crippen molar-refractivity contribution < 1.29 is 13.5 Å². The fourth-order valence-corrected chi connectivity index (χ4v) is 3.22. The first-order chi connectivity index (χ1) is 10.1. The van der Waals surface area contributed by atoms with Gasteiger partial charge >= 0.3 is 6.61 Å². The molecule has 1 atom stereocenters. The molecule has 0 saturated carbocycles. The molecule has 21 heavy (non-hydrogen) atoms. The average Bonchev–Trinajstić information content (AvgIpc) is 2.47. The van der Waals surface area contributed by atoms with Gasteiger partial charge in [0.25, 0.3) is 0 Å². The van der Waals surface area contributed by atoms with E-state index in [1.165, 1.54) is 5.56 Å². The quantitative estimate of drug-likeness (QED) is 0.823. The highest BCUT2D eigenvalue weighted by atomic mass is 79.9. The Morgan fingerprint density at radius 1 is 1.19 bits per heavy atom. The number of hydrogen-bond donors (Lipinski definition) is 1. The molecular weight excluding hydrogens is 340 g/mol. The Labute approximate surface area is 130 Å². The molecule has 1 aliphatic rings. The van der Waals surface area contributed by atoms with Crippen molar-refractivity contribution in [2.75, 3.05) is 5.32 Å². The van der Waals surface area contributed by atoms with E-state index < -0.39 is 6.61 Å². The van der Waals surface area contributed by atoms with Crippen molar-refractivity contribution in [2.24, 2.45) is 0 Å². The van der Waals surface area contributed by atoms with Crippen LogP contribution in [0.2, 0.25) is 0 Å². The zero-order valence-electron chi connectivity index (χ0n) is 11.2. The highest BCUT2D eigenvalue weighted by Crippen LogP contribution is 2.36. The zero-order valence-corrected chi connectivity index (χ0v) is 12.7. The predicted molar refractivity (Wildman–Crippen MR) is 81.9 cm³/mol. The molecule has 2 aromatic carbocycles. The lowest BCUT2D eigenvalue weighted by Gasteiger charge is -2.28. The summed E-state index contributed by atoms with van der Waals surface area (Å²) in [5.74, 6) is 0.198. The molecule has 0 bridgehead atoms. The van der Waals surface area contributed by atoms with Gasteiger partial charge < -0.3 is 10.1 Å². The fraction of sp³-hybridized carbons (Fsp3) is 0.250. The number of benzene rings is 2. The maximum Gasteiger partial charge on any atom is 0.387 e. The van der Waals surface area contributed by atoms with Gasteiger partial charge in [0, 0.05) is 10.2 Å². The van der Waals surface area contributed by atoms with Crippen molar-refractivity contribution in [3.8, 4) is 5.75 Å². The van der Waals surface area contributed by atoms with Gasteiger partial charge in [-0.1, -0.05) is 34.1 Å². The molecule has 2 aromatic rings. The van der Waals surface area contributed by atoms with E-state index in [0.29, 0.717) is 0 Å². The van der Waals surface area contributed by atoms with Gasteiger partial charge in [0.2, 0.25) is 0 Å². The summed E-state index contributed by atoms with van der Waals surface area (Å²) in [6, 6.07) is 13.0. The van der Waals surface area contributed by atoms with Gasteiger partial charge in [-0.25, -0.2) is 0 Å². The summed E-state index contributed by atoms with van der Waals surface area (Å²) in [7, 11) is 0. The number of hydrogen-bond acceptors (Lipinski definition) is 2. The highest BCUT2D eigenvalue weighted by molar-refractivity contribution is 9.10. The smallest absolute Gasteiger partial charge is 0.387 e. The molecule has 5 heteroatoms. The molecule has 0 aromatic heterocycles. The third kappa shape index (κ3) is 3.18. The first kappa shape index (κ1) is 14.3. The lowest BCUT2D eigenvalue weighted by atomic mass is 9.93. The second-order valence-electron chi connectivity index (χ2n) is 4.95. The van der Waals surface area contributed by atoms with Crippen LogP contribution in [0.25, 0.3) is 0 Å². The molecule has 1 aliphatic heterocycles. The van der Waals surface area contributed by atoms with Gasteiger partial charge in [0.05, 0.1) is 6.04 Å². The van der Waals surface area contributed by atoms with Crippen LogP contribution in [0.15, 0.2) is 46.9 Å². The van der Waals surface area contributed by atoms with E-state index >= 15 is 0 Å². The van der Waals surface area contributed by atoms with Crippen molar-refractivity contribution in [1.29, 1.82) is 0 Å². The van der Waals surface area contributed by atoms with Gasteiger partial charge in [-0.15, -0.1) is 0 Å².